The second-order valence-corrected chi connectivity index (χ2v) is 7.91. The van der Waals surface area contributed by atoms with E-state index in [1.165, 1.54) is 11.3 Å². The smallest absolute Gasteiger partial charge is 0.271 e. The molecule has 0 aliphatic carbocycles. The topological polar surface area (TPSA) is 71.5 Å². The van der Waals surface area contributed by atoms with E-state index in [0.717, 1.165) is 16.8 Å². The molecule has 0 saturated heterocycles. The second kappa shape index (κ2) is 8.05. The van der Waals surface area contributed by atoms with Crippen molar-refractivity contribution in [2.45, 2.75) is 26.4 Å². The van der Waals surface area contributed by atoms with Crippen LogP contribution in [0.25, 0.3) is 0 Å². The molecule has 4 rings (SSSR count). The maximum absolute atomic E-state index is 12.6. The van der Waals surface area contributed by atoms with Crippen LogP contribution in [0.3, 0.4) is 0 Å². The van der Waals surface area contributed by atoms with Gasteiger partial charge in [0, 0.05) is 5.38 Å². The summed E-state index contributed by atoms with van der Waals surface area (Å²) in [6.07, 6.45) is 0. The van der Waals surface area contributed by atoms with Gasteiger partial charge >= 0.3 is 0 Å². The predicted octanol–water partition coefficient (Wildman–Crippen LogP) is 3.87. The van der Waals surface area contributed by atoms with Gasteiger partial charge in [-0.05, 0) is 37.1 Å². The first-order valence-electron chi connectivity index (χ1n) is 9.35. The van der Waals surface area contributed by atoms with Gasteiger partial charge in [0.05, 0.1) is 18.3 Å². The number of ether oxygens (including phenoxy) is 1. The SMILES string of the molecule is Cc1ccc2c(c1)N(Cc1nc(C(=O)NC(C)c3ccccc3)cs1)C(=O)CO2. The van der Waals surface area contributed by atoms with E-state index in [-0.39, 0.29) is 24.5 Å². The summed E-state index contributed by atoms with van der Waals surface area (Å²) in [7, 11) is 0. The Morgan fingerprint density at radius 2 is 2.07 bits per heavy atom. The normalized spacial score (nSPS) is 14.1. The van der Waals surface area contributed by atoms with Crippen molar-refractivity contribution >= 4 is 28.8 Å². The summed E-state index contributed by atoms with van der Waals surface area (Å²) in [5.74, 6) is 0.330. The van der Waals surface area contributed by atoms with E-state index >= 15 is 0 Å². The average molecular weight is 407 g/mol. The lowest BCUT2D eigenvalue weighted by molar-refractivity contribution is -0.121. The lowest BCUT2D eigenvalue weighted by atomic mass is 10.1. The molecule has 2 heterocycles. The Bertz CT molecular complexity index is 1050. The van der Waals surface area contributed by atoms with Gasteiger partial charge in [-0.1, -0.05) is 36.4 Å². The molecular weight excluding hydrogens is 386 g/mol. The van der Waals surface area contributed by atoms with Gasteiger partial charge in [-0.15, -0.1) is 11.3 Å². The molecule has 1 unspecified atom stereocenters. The Balaban J connectivity index is 1.48. The van der Waals surface area contributed by atoms with Gasteiger partial charge in [0.15, 0.2) is 6.61 Å². The lowest BCUT2D eigenvalue weighted by Crippen LogP contribution is -2.38. The number of nitrogens with one attached hydrogen (secondary N) is 1. The molecule has 0 fully saturated rings. The van der Waals surface area contributed by atoms with E-state index in [4.69, 9.17) is 4.74 Å². The van der Waals surface area contributed by atoms with E-state index in [2.05, 4.69) is 10.3 Å². The Morgan fingerprint density at radius 1 is 1.28 bits per heavy atom. The van der Waals surface area contributed by atoms with Crippen molar-refractivity contribution in [1.29, 1.82) is 0 Å². The van der Waals surface area contributed by atoms with Crippen LogP contribution in [0.4, 0.5) is 5.69 Å². The summed E-state index contributed by atoms with van der Waals surface area (Å²) in [4.78, 5) is 31.1. The number of aryl methyl sites for hydroxylation is 1. The number of carbonyl (C=O) groups is 2. The van der Waals surface area contributed by atoms with E-state index in [0.29, 0.717) is 23.0 Å². The van der Waals surface area contributed by atoms with Crippen molar-refractivity contribution in [1.82, 2.24) is 10.3 Å². The zero-order chi connectivity index (χ0) is 20.4. The molecule has 6 nitrogen and oxygen atoms in total. The highest BCUT2D eigenvalue weighted by atomic mass is 32.1. The van der Waals surface area contributed by atoms with Crippen LogP contribution in [0.1, 0.15) is 39.6 Å². The molecular formula is C22H21N3O3S. The Labute approximate surface area is 173 Å². The average Bonchev–Trinajstić information content (AvgIpc) is 3.20. The molecule has 0 saturated carbocycles. The fraction of sp³-hybridized carbons (Fsp3) is 0.227. The van der Waals surface area contributed by atoms with Gasteiger partial charge in [0.1, 0.15) is 16.5 Å². The van der Waals surface area contributed by atoms with Gasteiger partial charge < -0.3 is 10.1 Å². The lowest BCUT2D eigenvalue weighted by Gasteiger charge is -2.29. The van der Waals surface area contributed by atoms with Crippen LogP contribution >= 0.6 is 11.3 Å². The number of nitrogens with zero attached hydrogens (tertiary/aromatic N) is 2. The van der Waals surface area contributed by atoms with Gasteiger partial charge in [-0.25, -0.2) is 4.98 Å². The minimum Gasteiger partial charge on any atom is -0.482 e. The molecule has 29 heavy (non-hydrogen) atoms. The monoisotopic (exact) mass is 407 g/mol. The molecule has 1 aromatic heterocycles. The number of amides is 2. The summed E-state index contributed by atoms with van der Waals surface area (Å²) in [6, 6.07) is 15.4. The quantitative estimate of drug-likeness (QED) is 0.697. The number of rotatable bonds is 5. The van der Waals surface area contributed by atoms with Crippen molar-refractivity contribution in [3.63, 3.8) is 0 Å². The molecule has 0 radical (unpaired) electrons. The Kier molecular flexibility index (Phi) is 5.31. The standard InChI is InChI=1S/C22H21N3O3S/c1-14-8-9-19-18(10-14)25(21(26)12-28-19)11-20-24-17(13-29-20)22(27)23-15(2)16-6-4-3-5-7-16/h3-10,13,15H,11-12H2,1-2H3,(H,23,27). The van der Waals surface area contributed by atoms with Crippen molar-refractivity contribution < 1.29 is 14.3 Å². The number of hydrogen-bond acceptors (Lipinski definition) is 5. The number of benzene rings is 2. The first kappa shape index (κ1) is 19.1. The van der Waals surface area contributed by atoms with Crippen LogP contribution < -0.4 is 15.0 Å². The van der Waals surface area contributed by atoms with Gasteiger partial charge in [-0.3, -0.25) is 14.5 Å². The van der Waals surface area contributed by atoms with Crippen LogP contribution in [0.2, 0.25) is 0 Å². The molecule has 3 aromatic rings. The molecule has 2 amide bonds. The van der Waals surface area contributed by atoms with Crippen LogP contribution in [-0.2, 0) is 11.3 Å². The Morgan fingerprint density at radius 3 is 2.86 bits per heavy atom. The number of fused-ring (bicyclic) bond motifs is 1. The van der Waals surface area contributed by atoms with E-state index in [1.807, 2.05) is 62.4 Å². The zero-order valence-corrected chi connectivity index (χ0v) is 17.0. The molecule has 0 bridgehead atoms. The highest BCUT2D eigenvalue weighted by Crippen LogP contribution is 2.34. The molecule has 1 atom stereocenters. The van der Waals surface area contributed by atoms with Gasteiger partial charge in [-0.2, -0.15) is 0 Å². The minimum atomic E-state index is -0.228. The molecule has 0 spiro atoms. The zero-order valence-electron chi connectivity index (χ0n) is 16.2. The van der Waals surface area contributed by atoms with Crippen LogP contribution in [0.5, 0.6) is 5.75 Å². The largest absolute Gasteiger partial charge is 0.482 e. The van der Waals surface area contributed by atoms with Gasteiger partial charge in [0.2, 0.25) is 0 Å². The number of hydrogen-bond donors (Lipinski definition) is 1. The fourth-order valence-electron chi connectivity index (χ4n) is 3.20. The van der Waals surface area contributed by atoms with Crippen LogP contribution in [0, 0.1) is 6.92 Å². The number of thiazole rings is 1. The third kappa shape index (κ3) is 4.14. The molecule has 1 aliphatic rings. The number of aromatic nitrogens is 1. The fourth-order valence-corrected chi connectivity index (χ4v) is 3.97. The van der Waals surface area contributed by atoms with E-state index in [1.54, 1.807) is 10.3 Å². The maximum Gasteiger partial charge on any atom is 0.271 e. The Hall–Kier alpha value is -3.19. The maximum atomic E-state index is 12.6. The van der Waals surface area contributed by atoms with Crippen molar-refractivity contribution in [2.24, 2.45) is 0 Å². The first-order chi connectivity index (χ1) is 14.0. The molecule has 148 valence electrons. The van der Waals surface area contributed by atoms with E-state index < -0.39 is 0 Å². The molecule has 1 N–H and O–H groups in total. The molecule has 1 aliphatic heterocycles. The first-order valence-corrected chi connectivity index (χ1v) is 10.2. The molecule has 2 aromatic carbocycles. The highest BCUT2D eigenvalue weighted by Gasteiger charge is 2.27. The van der Waals surface area contributed by atoms with Crippen LogP contribution in [-0.4, -0.2) is 23.4 Å². The van der Waals surface area contributed by atoms with Crippen molar-refractivity contribution in [3.8, 4) is 5.75 Å². The summed E-state index contributed by atoms with van der Waals surface area (Å²) >= 11 is 1.37. The highest BCUT2D eigenvalue weighted by molar-refractivity contribution is 7.09. The van der Waals surface area contributed by atoms with Crippen LogP contribution in [0.15, 0.2) is 53.9 Å². The minimum absolute atomic E-state index is 0.00334. The van der Waals surface area contributed by atoms with E-state index in [9.17, 15) is 9.59 Å². The summed E-state index contributed by atoms with van der Waals surface area (Å²) in [6.45, 7) is 4.22. The summed E-state index contributed by atoms with van der Waals surface area (Å²) in [5.41, 5.74) is 3.17. The second-order valence-electron chi connectivity index (χ2n) is 6.97. The predicted molar refractivity (Wildman–Crippen MR) is 112 cm³/mol. The van der Waals surface area contributed by atoms with Crippen molar-refractivity contribution in [3.05, 3.63) is 75.7 Å². The summed E-state index contributed by atoms with van der Waals surface area (Å²) < 4.78 is 5.52. The molecule has 7 heteroatoms. The third-order valence-electron chi connectivity index (χ3n) is 4.78. The number of carbonyl (C=O) groups excluding carboxylic acids is 2. The number of anilines is 1. The van der Waals surface area contributed by atoms with Gasteiger partial charge in [0.25, 0.3) is 11.8 Å². The third-order valence-corrected chi connectivity index (χ3v) is 5.62. The summed E-state index contributed by atoms with van der Waals surface area (Å²) in [5, 5.41) is 5.39. The van der Waals surface area contributed by atoms with Crippen molar-refractivity contribution in [2.75, 3.05) is 11.5 Å².